The van der Waals surface area contributed by atoms with Gasteiger partial charge >= 0.3 is 6.18 Å². The molecule has 0 fully saturated rings. The monoisotopic (exact) mass is 226 g/mol. The normalized spacial score (nSPS) is 14.6. The minimum atomic E-state index is -4.11. The summed E-state index contributed by atoms with van der Waals surface area (Å²) in [6.45, 7) is 3.91. The van der Waals surface area contributed by atoms with E-state index in [1.807, 2.05) is 13.8 Å². The van der Waals surface area contributed by atoms with E-state index in [1.54, 1.807) is 0 Å². The first-order valence-electron chi connectivity index (χ1n) is 5.43. The number of nitrogens with two attached hydrogens (primary N) is 1. The third-order valence-corrected chi connectivity index (χ3v) is 2.28. The van der Waals surface area contributed by atoms with E-state index in [9.17, 15) is 13.2 Å². The highest BCUT2D eigenvalue weighted by Gasteiger charge is 2.30. The van der Waals surface area contributed by atoms with Crippen molar-refractivity contribution in [2.45, 2.75) is 45.3 Å². The van der Waals surface area contributed by atoms with Crippen LogP contribution in [0.25, 0.3) is 0 Å². The quantitative estimate of drug-likeness (QED) is 0.722. The Morgan fingerprint density at radius 1 is 1.20 bits per heavy atom. The smallest absolute Gasteiger partial charge is 0.328 e. The van der Waals surface area contributed by atoms with E-state index in [4.69, 9.17) is 5.73 Å². The zero-order valence-electron chi connectivity index (χ0n) is 9.48. The predicted molar refractivity (Wildman–Crippen MR) is 55.7 cm³/mol. The van der Waals surface area contributed by atoms with Gasteiger partial charge in [0.1, 0.15) is 0 Å². The van der Waals surface area contributed by atoms with Crippen LogP contribution in [0.1, 0.15) is 33.1 Å². The summed E-state index contributed by atoms with van der Waals surface area (Å²) in [4.78, 5) is 1.43. The van der Waals surface area contributed by atoms with Crippen LogP contribution in [0.15, 0.2) is 0 Å². The van der Waals surface area contributed by atoms with Crippen LogP contribution in [-0.2, 0) is 0 Å². The van der Waals surface area contributed by atoms with Crippen molar-refractivity contribution in [1.29, 1.82) is 0 Å². The molecule has 1 unspecified atom stereocenters. The molecule has 1 atom stereocenters. The second-order valence-corrected chi connectivity index (χ2v) is 3.85. The molecule has 0 saturated heterocycles. The van der Waals surface area contributed by atoms with Crippen molar-refractivity contribution in [2.75, 3.05) is 19.6 Å². The van der Waals surface area contributed by atoms with Gasteiger partial charge in [0.25, 0.3) is 0 Å². The Bertz CT molecular complexity index is 159. The molecule has 0 amide bonds. The average molecular weight is 226 g/mol. The fourth-order valence-corrected chi connectivity index (χ4v) is 1.39. The molecule has 0 aromatic heterocycles. The fraction of sp³-hybridized carbons (Fsp3) is 1.00. The molecule has 15 heavy (non-hydrogen) atoms. The SMILES string of the molecule is CCCN(CCC(N)CC)CC(F)(F)F. The summed E-state index contributed by atoms with van der Waals surface area (Å²) in [6.07, 6.45) is -1.93. The van der Waals surface area contributed by atoms with Crippen molar-refractivity contribution in [3.05, 3.63) is 0 Å². The third kappa shape index (κ3) is 8.69. The van der Waals surface area contributed by atoms with Gasteiger partial charge in [-0.05, 0) is 32.4 Å². The summed E-state index contributed by atoms with van der Waals surface area (Å²) >= 11 is 0. The van der Waals surface area contributed by atoms with E-state index in [0.717, 1.165) is 12.8 Å². The molecule has 2 N–H and O–H groups in total. The molecule has 0 rings (SSSR count). The van der Waals surface area contributed by atoms with Gasteiger partial charge in [-0.3, -0.25) is 4.90 Å². The van der Waals surface area contributed by atoms with Crippen LogP contribution in [0.3, 0.4) is 0 Å². The summed E-state index contributed by atoms with van der Waals surface area (Å²) < 4.78 is 36.5. The van der Waals surface area contributed by atoms with Crippen molar-refractivity contribution >= 4 is 0 Å². The van der Waals surface area contributed by atoms with Crippen molar-refractivity contribution in [2.24, 2.45) is 5.73 Å². The summed E-state index contributed by atoms with van der Waals surface area (Å²) in [6, 6.07) is 0.0117. The molecule has 92 valence electrons. The highest BCUT2D eigenvalue weighted by atomic mass is 19.4. The van der Waals surface area contributed by atoms with Crippen molar-refractivity contribution in [1.82, 2.24) is 4.90 Å². The molecule has 2 nitrogen and oxygen atoms in total. The average Bonchev–Trinajstić information content (AvgIpc) is 2.11. The van der Waals surface area contributed by atoms with E-state index in [0.29, 0.717) is 19.5 Å². The lowest BCUT2D eigenvalue weighted by atomic mass is 10.1. The highest BCUT2D eigenvalue weighted by molar-refractivity contribution is 4.67. The molecule has 0 spiro atoms. The largest absolute Gasteiger partial charge is 0.401 e. The summed E-state index contributed by atoms with van der Waals surface area (Å²) in [7, 11) is 0. The van der Waals surface area contributed by atoms with Gasteiger partial charge in [0.15, 0.2) is 0 Å². The molecule has 0 heterocycles. The lowest BCUT2D eigenvalue weighted by Gasteiger charge is -2.24. The van der Waals surface area contributed by atoms with Crippen LogP contribution >= 0.6 is 0 Å². The maximum atomic E-state index is 12.2. The van der Waals surface area contributed by atoms with Crippen LogP contribution < -0.4 is 5.73 Å². The van der Waals surface area contributed by atoms with E-state index >= 15 is 0 Å². The summed E-state index contributed by atoms with van der Waals surface area (Å²) in [5.74, 6) is 0. The van der Waals surface area contributed by atoms with Gasteiger partial charge < -0.3 is 5.73 Å². The summed E-state index contributed by atoms with van der Waals surface area (Å²) in [5.41, 5.74) is 5.67. The molecule has 5 heteroatoms. The second kappa shape index (κ2) is 7.06. The van der Waals surface area contributed by atoms with Gasteiger partial charge in [-0.2, -0.15) is 13.2 Å². The number of hydrogen-bond acceptors (Lipinski definition) is 2. The molecule has 0 aromatic rings. The highest BCUT2D eigenvalue weighted by Crippen LogP contribution is 2.17. The topological polar surface area (TPSA) is 29.3 Å². The van der Waals surface area contributed by atoms with Crippen LogP contribution in [0.5, 0.6) is 0 Å². The maximum Gasteiger partial charge on any atom is 0.401 e. The van der Waals surface area contributed by atoms with Gasteiger partial charge in [0, 0.05) is 6.04 Å². The first-order chi connectivity index (χ1) is 6.89. The molecule has 0 aliphatic rings. The fourth-order valence-electron chi connectivity index (χ4n) is 1.39. The van der Waals surface area contributed by atoms with Gasteiger partial charge in [-0.15, -0.1) is 0 Å². The second-order valence-electron chi connectivity index (χ2n) is 3.85. The van der Waals surface area contributed by atoms with Crippen molar-refractivity contribution in [3.8, 4) is 0 Å². The first kappa shape index (κ1) is 14.7. The number of halogens is 3. The van der Waals surface area contributed by atoms with Crippen LogP contribution in [0.2, 0.25) is 0 Å². The maximum absolute atomic E-state index is 12.2. The Balaban J connectivity index is 3.93. The Morgan fingerprint density at radius 2 is 1.80 bits per heavy atom. The van der Waals surface area contributed by atoms with E-state index in [-0.39, 0.29) is 6.04 Å². The lowest BCUT2D eigenvalue weighted by molar-refractivity contribution is -0.146. The predicted octanol–water partition coefficient (Wildman–Crippen LogP) is 2.39. The lowest BCUT2D eigenvalue weighted by Crippen LogP contribution is -2.37. The van der Waals surface area contributed by atoms with Gasteiger partial charge in [-0.1, -0.05) is 13.8 Å². The Labute approximate surface area is 89.6 Å². The Kier molecular flexibility index (Phi) is 6.92. The number of alkyl halides is 3. The number of nitrogens with zero attached hydrogens (tertiary/aromatic N) is 1. The molecular weight excluding hydrogens is 205 g/mol. The van der Waals surface area contributed by atoms with E-state index < -0.39 is 12.7 Å². The number of rotatable bonds is 7. The first-order valence-corrected chi connectivity index (χ1v) is 5.43. The molecule has 0 bridgehead atoms. The van der Waals surface area contributed by atoms with Crippen LogP contribution in [-0.4, -0.2) is 36.8 Å². The van der Waals surface area contributed by atoms with Crippen molar-refractivity contribution in [3.63, 3.8) is 0 Å². The molecule has 0 aliphatic heterocycles. The molecule has 0 saturated carbocycles. The molecule has 0 aromatic carbocycles. The third-order valence-electron chi connectivity index (χ3n) is 2.28. The van der Waals surface area contributed by atoms with Gasteiger partial charge in [0.05, 0.1) is 6.54 Å². The zero-order valence-corrected chi connectivity index (χ0v) is 9.48. The van der Waals surface area contributed by atoms with Gasteiger partial charge in [-0.25, -0.2) is 0 Å². The number of hydrogen-bond donors (Lipinski definition) is 1. The Hall–Kier alpha value is -0.290. The standard InChI is InChI=1S/C10H21F3N2/c1-3-6-15(8-10(11,12)13)7-5-9(14)4-2/h9H,3-8,14H2,1-2H3. The van der Waals surface area contributed by atoms with E-state index in [1.165, 1.54) is 4.90 Å². The minimum Gasteiger partial charge on any atom is -0.328 e. The zero-order chi connectivity index (χ0) is 11.9. The summed E-state index contributed by atoms with van der Waals surface area (Å²) in [5, 5.41) is 0. The van der Waals surface area contributed by atoms with Crippen LogP contribution in [0.4, 0.5) is 13.2 Å². The van der Waals surface area contributed by atoms with Crippen LogP contribution in [0, 0.1) is 0 Å². The minimum absolute atomic E-state index is 0.0117. The molecule has 0 aliphatic carbocycles. The Morgan fingerprint density at radius 3 is 2.20 bits per heavy atom. The van der Waals surface area contributed by atoms with E-state index in [2.05, 4.69) is 0 Å². The van der Waals surface area contributed by atoms with Gasteiger partial charge in [0.2, 0.25) is 0 Å². The molecular formula is C10H21F3N2. The molecule has 0 radical (unpaired) electrons. The van der Waals surface area contributed by atoms with Crippen molar-refractivity contribution < 1.29 is 13.2 Å².